The molecule has 1 N–H and O–H groups in total. The fraction of sp³-hybridized carbons (Fsp3) is 0.967. The first-order valence-corrected chi connectivity index (χ1v) is 13.9. The van der Waals surface area contributed by atoms with Crippen molar-refractivity contribution in [1.29, 1.82) is 0 Å². The molecule has 0 aromatic carbocycles. The van der Waals surface area contributed by atoms with E-state index in [1.54, 1.807) is 0 Å². The monoisotopic (exact) mass is 442 g/mol. The van der Waals surface area contributed by atoms with Crippen molar-refractivity contribution >= 4 is 5.78 Å². The highest BCUT2D eigenvalue weighted by molar-refractivity contribution is 5.87. The molecule has 0 radical (unpaired) electrons. The van der Waals surface area contributed by atoms with Crippen molar-refractivity contribution in [2.75, 3.05) is 0 Å². The summed E-state index contributed by atoms with van der Waals surface area (Å²) in [5.74, 6) is 4.50. The van der Waals surface area contributed by atoms with Gasteiger partial charge in [-0.3, -0.25) is 4.79 Å². The molecule has 0 bridgehead atoms. The second kappa shape index (κ2) is 6.86. The number of aliphatic hydroxyl groups excluding tert-OH is 1. The van der Waals surface area contributed by atoms with Gasteiger partial charge < -0.3 is 5.11 Å². The molecule has 5 aliphatic rings. The molecular weight excluding hydrogens is 392 g/mol. The third-order valence-electron chi connectivity index (χ3n) is 13.8. The zero-order valence-electron chi connectivity index (χ0n) is 22.3. The smallest absolute Gasteiger partial charge is 0.139 e. The van der Waals surface area contributed by atoms with E-state index in [4.69, 9.17) is 0 Å². The summed E-state index contributed by atoms with van der Waals surface area (Å²) in [6, 6.07) is 0. The normalized spacial score (nSPS) is 59.4. The molecule has 0 saturated heterocycles. The summed E-state index contributed by atoms with van der Waals surface area (Å²) >= 11 is 0. The number of Topliss-reactive ketones (excluding diaryl/α,β-unsaturated/α-hetero) is 1. The lowest BCUT2D eigenvalue weighted by atomic mass is 9.31. The number of carbonyl (C=O) groups is 1. The maximum atomic E-state index is 14.0. The van der Waals surface area contributed by atoms with Crippen LogP contribution in [0.15, 0.2) is 0 Å². The van der Waals surface area contributed by atoms with Gasteiger partial charge >= 0.3 is 0 Å². The largest absolute Gasteiger partial charge is 0.393 e. The molecule has 0 aromatic heterocycles. The highest BCUT2D eigenvalue weighted by Gasteiger charge is 2.71. The van der Waals surface area contributed by atoms with Crippen LogP contribution >= 0.6 is 0 Å². The molecule has 0 unspecified atom stereocenters. The van der Waals surface area contributed by atoms with Crippen molar-refractivity contribution in [3.05, 3.63) is 0 Å². The van der Waals surface area contributed by atoms with Gasteiger partial charge in [0.2, 0.25) is 0 Å². The van der Waals surface area contributed by atoms with Crippen LogP contribution in [0, 0.1) is 62.6 Å². The average molecular weight is 443 g/mol. The molecule has 0 aromatic rings. The minimum atomic E-state index is -0.168. The van der Waals surface area contributed by atoms with Gasteiger partial charge in [-0.1, -0.05) is 55.4 Å². The van der Waals surface area contributed by atoms with Gasteiger partial charge in [0.25, 0.3) is 0 Å². The summed E-state index contributed by atoms with van der Waals surface area (Å²) in [5, 5.41) is 10.9. The van der Waals surface area contributed by atoms with Gasteiger partial charge in [0.15, 0.2) is 0 Å². The molecule has 2 nitrogen and oxygen atoms in total. The molecule has 32 heavy (non-hydrogen) atoms. The summed E-state index contributed by atoms with van der Waals surface area (Å²) in [5.41, 5.74) is 0.560. The van der Waals surface area contributed by atoms with Crippen molar-refractivity contribution in [2.45, 2.75) is 119 Å². The van der Waals surface area contributed by atoms with Crippen LogP contribution < -0.4 is 0 Å². The van der Waals surface area contributed by atoms with E-state index >= 15 is 0 Å². The van der Waals surface area contributed by atoms with Crippen LogP contribution in [-0.4, -0.2) is 17.0 Å². The predicted octanol–water partition coefficient (Wildman–Crippen LogP) is 7.28. The van der Waals surface area contributed by atoms with Crippen molar-refractivity contribution in [3.8, 4) is 0 Å². The van der Waals surface area contributed by atoms with Gasteiger partial charge in [-0.05, 0) is 109 Å². The van der Waals surface area contributed by atoms with Crippen LogP contribution in [0.5, 0.6) is 0 Å². The molecule has 0 spiro atoms. The van der Waals surface area contributed by atoms with Crippen molar-refractivity contribution in [2.24, 2.45) is 62.6 Å². The summed E-state index contributed by atoms with van der Waals surface area (Å²) in [6.45, 7) is 19.7. The van der Waals surface area contributed by atoms with Gasteiger partial charge in [-0.15, -0.1) is 0 Å². The fourth-order valence-corrected chi connectivity index (χ4v) is 11.4. The van der Waals surface area contributed by atoms with E-state index in [0.29, 0.717) is 40.8 Å². The summed E-state index contributed by atoms with van der Waals surface area (Å²) < 4.78 is 0. The van der Waals surface area contributed by atoms with Crippen molar-refractivity contribution in [1.82, 2.24) is 0 Å². The van der Waals surface area contributed by atoms with E-state index < -0.39 is 0 Å². The Bertz CT molecular complexity index is 801. The lowest BCUT2D eigenvalue weighted by Gasteiger charge is -2.73. The Labute approximate surface area is 197 Å². The second-order valence-corrected chi connectivity index (χ2v) is 15.0. The van der Waals surface area contributed by atoms with Gasteiger partial charge in [-0.2, -0.15) is 0 Å². The van der Waals surface area contributed by atoms with E-state index in [1.165, 1.54) is 32.1 Å². The molecule has 0 aliphatic heterocycles. The minimum absolute atomic E-state index is 0.000353. The third kappa shape index (κ3) is 2.60. The summed E-state index contributed by atoms with van der Waals surface area (Å²) in [7, 11) is 0. The van der Waals surface area contributed by atoms with Crippen LogP contribution in [-0.2, 0) is 4.79 Å². The Balaban J connectivity index is 1.57. The lowest BCUT2D eigenvalue weighted by molar-refractivity contribution is -0.249. The predicted molar refractivity (Wildman–Crippen MR) is 131 cm³/mol. The molecule has 182 valence electrons. The second-order valence-electron chi connectivity index (χ2n) is 15.0. The van der Waals surface area contributed by atoms with Crippen molar-refractivity contribution in [3.63, 3.8) is 0 Å². The third-order valence-corrected chi connectivity index (χ3v) is 13.8. The number of hydrogen-bond acceptors (Lipinski definition) is 2. The number of aliphatic hydroxyl groups is 1. The maximum absolute atomic E-state index is 14.0. The first-order valence-electron chi connectivity index (χ1n) is 13.9. The number of rotatable bonds is 0. The van der Waals surface area contributed by atoms with Gasteiger partial charge in [0.1, 0.15) is 5.78 Å². The van der Waals surface area contributed by atoms with E-state index in [1.807, 2.05) is 0 Å². The Hall–Kier alpha value is -0.370. The van der Waals surface area contributed by atoms with E-state index in [9.17, 15) is 9.90 Å². The van der Waals surface area contributed by atoms with Crippen LogP contribution in [0.3, 0.4) is 0 Å². The summed E-state index contributed by atoms with van der Waals surface area (Å²) in [6.07, 6.45) is 10.2. The molecule has 5 fully saturated rings. The molecule has 0 heterocycles. The number of ketones is 1. The Morgan fingerprint density at radius 3 is 2.16 bits per heavy atom. The quantitative estimate of drug-likeness (QED) is 0.428. The Kier molecular flexibility index (Phi) is 5.01. The van der Waals surface area contributed by atoms with Gasteiger partial charge in [0, 0.05) is 11.8 Å². The van der Waals surface area contributed by atoms with E-state index in [2.05, 4.69) is 55.4 Å². The Morgan fingerprint density at radius 1 is 0.781 bits per heavy atom. The molecular formula is C30H50O2. The molecule has 5 aliphatic carbocycles. The topological polar surface area (TPSA) is 37.3 Å². The molecule has 5 saturated carbocycles. The fourth-order valence-electron chi connectivity index (χ4n) is 11.4. The minimum Gasteiger partial charge on any atom is -0.393 e. The molecule has 2 heteroatoms. The zero-order chi connectivity index (χ0) is 23.5. The number of fused-ring (bicyclic) bond motifs is 7. The van der Waals surface area contributed by atoms with E-state index in [-0.39, 0.29) is 27.8 Å². The van der Waals surface area contributed by atoms with Crippen molar-refractivity contribution < 1.29 is 9.90 Å². The van der Waals surface area contributed by atoms with Crippen LogP contribution in [0.2, 0.25) is 0 Å². The Morgan fingerprint density at radius 2 is 1.47 bits per heavy atom. The highest BCUT2D eigenvalue weighted by atomic mass is 16.3. The maximum Gasteiger partial charge on any atom is 0.139 e. The summed E-state index contributed by atoms with van der Waals surface area (Å²) in [4.78, 5) is 14.0. The standard InChI is InChI=1S/C30H50O2/c1-18-11-14-28(6)24(32)17-30(8)20(25(28)19(18)2)9-10-22-27(5)15-13-23(31)26(3,4)21(27)12-16-29(22,30)7/h18-23,25,31H,9-17H2,1-8H3/t18-,19+,20+,21-,22+,23-,25+,27-,28+,29+,30+/m0/s1. The number of carbonyl (C=O) groups excluding carboxylic acids is 1. The zero-order valence-corrected chi connectivity index (χ0v) is 22.3. The molecule has 5 rings (SSSR count). The van der Waals surface area contributed by atoms with Crippen LogP contribution in [0.25, 0.3) is 0 Å². The first-order chi connectivity index (χ1) is 14.7. The van der Waals surface area contributed by atoms with Gasteiger partial charge in [-0.25, -0.2) is 0 Å². The van der Waals surface area contributed by atoms with E-state index in [0.717, 1.165) is 31.6 Å². The highest BCUT2D eigenvalue weighted by Crippen LogP contribution is 2.76. The molecule has 11 atom stereocenters. The number of hydrogen-bond donors (Lipinski definition) is 1. The van der Waals surface area contributed by atoms with Crippen LogP contribution in [0.1, 0.15) is 113 Å². The van der Waals surface area contributed by atoms with Gasteiger partial charge in [0.05, 0.1) is 6.10 Å². The molecule has 0 amide bonds. The lowest BCUT2D eigenvalue weighted by Crippen LogP contribution is -2.68. The first kappa shape index (κ1) is 23.4. The average Bonchev–Trinajstić information content (AvgIpc) is 2.70. The SMILES string of the molecule is C[C@H]1[C@@H]2[C@H]3CC[C@@H]4[C@@]5(C)CC[C@H](O)C(C)(C)[C@@H]5CC[C@@]4(C)[C@]3(C)CC(=O)[C@@]2(C)CC[C@@H]1C. The van der Waals surface area contributed by atoms with Crippen LogP contribution in [0.4, 0.5) is 0 Å².